The molecule has 1 fully saturated rings. The molecular formula is C20H18ClN3O7. The monoisotopic (exact) mass is 447 g/mol. The standard InChI is InChI=1S/C20H17N3O3.ClHO4/c24-19(25)15-13-18-17-7-3-4-8-22(17)20(21-9-11-26-12-10-21)23(18)16-6-2-1-5-14(15)16;2-1(3,4)5/h1-8,13H,9-12H2;(H,2,3,4,5). The van der Waals surface area contributed by atoms with E-state index in [4.69, 9.17) is 23.4 Å². The minimum absolute atomic E-state index is 0.325. The Bertz CT molecular complexity index is 1260. The van der Waals surface area contributed by atoms with E-state index in [0.29, 0.717) is 18.8 Å². The van der Waals surface area contributed by atoms with Crippen LogP contribution in [0.4, 0.5) is 5.95 Å². The number of carboxylic acid groups (broad SMARTS) is 1. The van der Waals surface area contributed by atoms with Gasteiger partial charge in [0.1, 0.15) is 16.6 Å². The number of pyridine rings is 2. The van der Waals surface area contributed by atoms with Gasteiger partial charge in [-0.2, -0.15) is 4.40 Å². The fraction of sp³-hybridized carbons (Fsp3) is 0.200. The van der Waals surface area contributed by atoms with Crippen LogP contribution < -0.4 is 27.9 Å². The summed E-state index contributed by atoms with van der Waals surface area (Å²) in [7, 11) is -4.94. The van der Waals surface area contributed by atoms with Crippen LogP contribution in [0, 0.1) is 10.2 Å². The molecule has 10 nitrogen and oxygen atoms in total. The number of ether oxygens (including phenoxy) is 1. The van der Waals surface area contributed by atoms with Crippen molar-refractivity contribution < 1.29 is 47.9 Å². The summed E-state index contributed by atoms with van der Waals surface area (Å²) in [6.45, 7) is 2.98. The van der Waals surface area contributed by atoms with E-state index in [9.17, 15) is 9.90 Å². The van der Waals surface area contributed by atoms with Gasteiger partial charge in [-0.15, -0.1) is 10.2 Å². The number of benzene rings is 1. The lowest BCUT2D eigenvalue weighted by Crippen LogP contribution is -2.68. The van der Waals surface area contributed by atoms with E-state index in [2.05, 4.69) is 13.7 Å². The number of halogens is 1. The van der Waals surface area contributed by atoms with Crippen molar-refractivity contribution in [3.05, 3.63) is 60.3 Å². The molecule has 1 saturated heterocycles. The summed E-state index contributed by atoms with van der Waals surface area (Å²) in [4.78, 5) is 14.2. The first-order valence-electron chi connectivity index (χ1n) is 9.30. The van der Waals surface area contributed by atoms with Gasteiger partial charge in [-0.1, -0.05) is 24.3 Å². The molecule has 5 rings (SSSR count). The minimum Gasteiger partial charge on any atom is -0.478 e. The van der Waals surface area contributed by atoms with Crippen molar-refractivity contribution >= 4 is 33.9 Å². The number of imidazole rings is 1. The summed E-state index contributed by atoms with van der Waals surface area (Å²) in [6, 6.07) is 15.5. The third kappa shape index (κ3) is 4.26. The Kier molecular flexibility index (Phi) is 5.67. The number of para-hydroxylation sites is 1. The molecule has 1 aliphatic heterocycles. The Morgan fingerprint density at radius 1 is 1.00 bits per heavy atom. The van der Waals surface area contributed by atoms with E-state index in [1.165, 1.54) is 0 Å². The molecule has 0 atom stereocenters. The molecule has 4 aromatic rings. The normalized spacial score (nSPS) is 14.6. The lowest BCUT2D eigenvalue weighted by atomic mass is 10.1. The molecule has 4 heterocycles. The van der Waals surface area contributed by atoms with Crippen molar-refractivity contribution in [2.24, 2.45) is 0 Å². The maximum absolute atomic E-state index is 11.9. The molecule has 0 bridgehead atoms. The molecule has 1 N–H and O–H groups in total. The van der Waals surface area contributed by atoms with Gasteiger partial charge in [-0.3, -0.25) is 4.90 Å². The van der Waals surface area contributed by atoms with Gasteiger partial charge in [-0.05, 0) is 24.3 Å². The summed E-state index contributed by atoms with van der Waals surface area (Å²) in [5.74, 6) is 0.124. The third-order valence-electron chi connectivity index (χ3n) is 5.02. The highest BCUT2D eigenvalue weighted by Gasteiger charge is 2.29. The number of aromatic nitrogens is 2. The summed E-state index contributed by atoms with van der Waals surface area (Å²) < 4.78 is 43.8. The lowest BCUT2D eigenvalue weighted by Gasteiger charge is -2.22. The van der Waals surface area contributed by atoms with Crippen molar-refractivity contribution in [2.45, 2.75) is 0 Å². The van der Waals surface area contributed by atoms with E-state index in [-0.39, 0.29) is 0 Å². The second-order valence-electron chi connectivity index (χ2n) is 6.83. The average Bonchev–Trinajstić information content (AvgIpc) is 3.07. The average molecular weight is 448 g/mol. The van der Waals surface area contributed by atoms with Gasteiger partial charge in [-0.25, -0.2) is 27.8 Å². The number of nitrogens with zero attached hydrogens (tertiary/aromatic N) is 3. The molecular weight excluding hydrogens is 430 g/mol. The van der Waals surface area contributed by atoms with E-state index >= 15 is 0 Å². The zero-order valence-corrected chi connectivity index (χ0v) is 16.9. The van der Waals surface area contributed by atoms with Crippen molar-refractivity contribution in [1.29, 1.82) is 0 Å². The van der Waals surface area contributed by atoms with Gasteiger partial charge < -0.3 is 9.84 Å². The zero-order chi connectivity index (χ0) is 22.2. The summed E-state index contributed by atoms with van der Waals surface area (Å²) in [5.41, 5.74) is 3.10. The highest BCUT2D eigenvalue weighted by atomic mass is 35.7. The molecule has 1 aliphatic rings. The van der Waals surface area contributed by atoms with E-state index in [1.54, 1.807) is 6.07 Å². The van der Waals surface area contributed by atoms with Crippen LogP contribution in [0.3, 0.4) is 0 Å². The lowest BCUT2D eigenvalue weighted by molar-refractivity contribution is -2.00. The van der Waals surface area contributed by atoms with Crippen molar-refractivity contribution in [3.63, 3.8) is 0 Å². The molecule has 31 heavy (non-hydrogen) atoms. The number of hydrogen-bond donors (Lipinski definition) is 1. The van der Waals surface area contributed by atoms with Crippen molar-refractivity contribution in [2.75, 3.05) is 31.2 Å². The first-order valence-corrected chi connectivity index (χ1v) is 10.5. The van der Waals surface area contributed by atoms with Crippen LogP contribution in [0.5, 0.6) is 0 Å². The molecule has 162 valence electrons. The van der Waals surface area contributed by atoms with E-state index in [1.807, 2.05) is 48.7 Å². The van der Waals surface area contributed by atoms with Gasteiger partial charge in [0.25, 0.3) is 0 Å². The van der Waals surface area contributed by atoms with E-state index < -0.39 is 16.2 Å². The van der Waals surface area contributed by atoms with Gasteiger partial charge in [0.2, 0.25) is 0 Å². The van der Waals surface area contributed by atoms with Gasteiger partial charge >= 0.3 is 11.9 Å². The number of carboxylic acids is 1. The van der Waals surface area contributed by atoms with Gasteiger partial charge in [0.05, 0.1) is 38.1 Å². The summed E-state index contributed by atoms with van der Waals surface area (Å²) in [5, 5.41) is 10.5. The number of fused-ring (bicyclic) bond motifs is 5. The maximum Gasteiger partial charge on any atom is 0.370 e. The van der Waals surface area contributed by atoms with Crippen LogP contribution in [0.1, 0.15) is 10.4 Å². The second-order valence-corrected chi connectivity index (χ2v) is 7.59. The minimum atomic E-state index is -4.94. The van der Waals surface area contributed by atoms with Crippen molar-refractivity contribution in [3.8, 4) is 0 Å². The maximum atomic E-state index is 11.9. The van der Waals surface area contributed by atoms with Crippen LogP contribution in [-0.2, 0) is 4.74 Å². The number of rotatable bonds is 2. The summed E-state index contributed by atoms with van der Waals surface area (Å²) >= 11 is 0. The Hall–Kier alpha value is -2.99. The van der Waals surface area contributed by atoms with Crippen LogP contribution in [0.2, 0.25) is 0 Å². The summed E-state index contributed by atoms with van der Waals surface area (Å²) in [6.07, 6.45) is 2.03. The van der Waals surface area contributed by atoms with Crippen LogP contribution >= 0.6 is 0 Å². The molecule has 0 aliphatic carbocycles. The topological polar surface area (TPSA) is 151 Å². The smallest absolute Gasteiger partial charge is 0.370 e. The Labute approximate surface area is 178 Å². The Balaban J connectivity index is 0.000000418. The molecule has 0 saturated carbocycles. The molecule has 0 amide bonds. The van der Waals surface area contributed by atoms with Crippen LogP contribution in [-0.4, -0.2) is 41.8 Å². The number of carbonyl (C=O) groups is 1. The Morgan fingerprint density at radius 2 is 1.65 bits per heavy atom. The van der Waals surface area contributed by atoms with Crippen LogP contribution in [0.25, 0.3) is 21.9 Å². The third-order valence-corrected chi connectivity index (χ3v) is 5.02. The predicted octanol–water partition coefficient (Wildman–Crippen LogP) is -2.39. The predicted molar refractivity (Wildman–Crippen MR) is 98.1 cm³/mol. The highest BCUT2D eigenvalue weighted by molar-refractivity contribution is 6.06. The molecule has 1 aromatic carbocycles. The van der Waals surface area contributed by atoms with Gasteiger partial charge in [0.15, 0.2) is 0 Å². The number of aromatic carboxylic acids is 1. The van der Waals surface area contributed by atoms with E-state index in [0.717, 1.165) is 41.0 Å². The zero-order valence-electron chi connectivity index (χ0n) is 16.1. The first-order chi connectivity index (χ1) is 14.8. The fourth-order valence-electron chi connectivity index (χ4n) is 3.88. The molecule has 0 radical (unpaired) electrons. The quantitative estimate of drug-likeness (QED) is 0.334. The molecule has 0 unspecified atom stereocenters. The molecule has 3 aromatic heterocycles. The van der Waals surface area contributed by atoms with Crippen LogP contribution in [0.15, 0.2) is 54.7 Å². The number of hydrogen-bond acceptors (Lipinski definition) is 7. The molecule has 0 spiro atoms. The highest BCUT2D eigenvalue weighted by Crippen LogP contribution is 2.29. The SMILES string of the molecule is O=C(O)c1cc2c3cccc[n+]3c(N3CCOCC3)n2c2ccccc12.[O-][Cl+3]([O-])([O-])[O-]. The van der Waals surface area contributed by atoms with Crippen molar-refractivity contribution in [1.82, 2.24) is 4.40 Å². The second kappa shape index (κ2) is 8.27. The Morgan fingerprint density at radius 3 is 2.32 bits per heavy atom. The fourth-order valence-corrected chi connectivity index (χ4v) is 3.88. The largest absolute Gasteiger partial charge is 0.478 e. The number of anilines is 1. The van der Waals surface area contributed by atoms with Gasteiger partial charge in [0, 0.05) is 5.39 Å². The first kappa shape index (κ1) is 21.2. The molecule has 11 heteroatoms. The number of morpholine rings is 1.